The fourth-order valence-electron chi connectivity index (χ4n) is 3.41. The lowest BCUT2D eigenvalue weighted by Gasteiger charge is -2.34. The predicted octanol–water partition coefficient (Wildman–Crippen LogP) is 2.48. The molecule has 0 spiro atoms. The number of carboxylic acid groups (broad SMARTS) is 1. The number of hydrogen-bond acceptors (Lipinski definition) is 4. The molecule has 0 bridgehead atoms. The molecule has 1 aliphatic rings. The van der Waals surface area contributed by atoms with E-state index in [0.717, 1.165) is 11.1 Å². The van der Waals surface area contributed by atoms with Crippen LogP contribution in [0.4, 0.5) is 0 Å². The highest BCUT2D eigenvalue weighted by Crippen LogP contribution is 2.26. The van der Waals surface area contributed by atoms with Gasteiger partial charge in [0.15, 0.2) is 5.78 Å². The first kappa shape index (κ1) is 18.6. The van der Waals surface area contributed by atoms with Crippen LogP contribution in [0.3, 0.4) is 0 Å². The Labute approximate surface area is 157 Å². The van der Waals surface area contributed by atoms with E-state index in [1.165, 1.54) is 18.9 Å². The highest BCUT2D eigenvalue weighted by atomic mass is 16.5. The van der Waals surface area contributed by atoms with E-state index in [2.05, 4.69) is 0 Å². The third kappa shape index (κ3) is 3.84. The molecule has 0 saturated carbocycles. The average molecular weight is 367 g/mol. The molecule has 3 rings (SSSR count). The molecule has 2 aromatic rings. The van der Waals surface area contributed by atoms with E-state index >= 15 is 0 Å². The van der Waals surface area contributed by atoms with E-state index in [-0.39, 0.29) is 31.1 Å². The number of benzene rings is 2. The quantitative estimate of drug-likeness (QED) is 0.821. The molecular weight excluding hydrogens is 346 g/mol. The topological polar surface area (TPSA) is 83.9 Å². The molecule has 1 N–H and O–H groups in total. The number of amides is 1. The van der Waals surface area contributed by atoms with Crippen molar-refractivity contribution < 1.29 is 24.2 Å². The summed E-state index contributed by atoms with van der Waals surface area (Å²) in [4.78, 5) is 37.7. The van der Waals surface area contributed by atoms with Crippen molar-refractivity contribution >= 4 is 17.7 Å². The number of fused-ring (bicyclic) bond motifs is 1. The van der Waals surface area contributed by atoms with Gasteiger partial charge < -0.3 is 14.7 Å². The SMILES string of the molecule is COc1ccc(C(C)=O)cc1CC(=O)N1Cc2ccccc2CC1C(=O)O. The average Bonchev–Trinajstić information content (AvgIpc) is 2.66. The molecule has 0 aliphatic carbocycles. The lowest BCUT2D eigenvalue weighted by atomic mass is 9.93. The van der Waals surface area contributed by atoms with Crippen LogP contribution in [0, 0.1) is 0 Å². The zero-order valence-corrected chi connectivity index (χ0v) is 15.3. The Balaban J connectivity index is 1.90. The van der Waals surface area contributed by atoms with Crippen LogP contribution in [0.1, 0.15) is 34.0 Å². The number of carbonyl (C=O) groups excluding carboxylic acids is 2. The summed E-state index contributed by atoms with van der Waals surface area (Å²) < 4.78 is 5.30. The molecule has 1 aliphatic heterocycles. The Hall–Kier alpha value is -3.15. The first-order chi connectivity index (χ1) is 12.9. The number of rotatable bonds is 5. The maximum Gasteiger partial charge on any atom is 0.326 e. The Morgan fingerprint density at radius 2 is 1.85 bits per heavy atom. The minimum absolute atomic E-state index is 0.0315. The van der Waals surface area contributed by atoms with E-state index in [4.69, 9.17) is 4.74 Å². The summed E-state index contributed by atoms with van der Waals surface area (Å²) in [5, 5.41) is 9.60. The molecule has 27 heavy (non-hydrogen) atoms. The van der Waals surface area contributed by atoms with Crippen molar-refractivity contribution in [3.05, 3.63) is 64.7 Å². The highest BCUT2D eigenvalue weighted by Gasteiger charge is 2.34. The molecule has 0 aromatic heterocycles. The molecule has 1 atom stereocenters. The van der Waals surface area contributed by atoms with Crippen LogP contribution in [-0.4, -0.2) is 40.8 Å². The fraction of sp³-hybridized carbons (Fsp3) is 0.286. The molecule has 2 aromatic carbocycles. The maximum atomic E-state index is 13.0. The van der Waals surface area contributed by atoms with Gasteiger partial charge >= 0.3 is 5.97 Å². The van der Waals surface area contributed by atoms with Crippen molar-refractivity contribution in [2.45, 2.75) is 32.4 Å². The number of carboxylic acids is 1. The molecule has 1 heterocycles. The second kappa shape index (κ2) is 7.61. The number of carbonyl (C=O) groups is 3. The van der Waals surface area contributed by atoms with Gasteiger partial charge in [-0.05, 0) is 36.2 Å². The van der Waals surface area contributed by atoms with Gasteiger partial charge in [-0.15, -0.1) is 0 Å². The van der Waals surface area contributed by atoms with Crippen molar-refractivity contribution in [2.24, 2.45) is 0 Å². The molecule has 140 valence electrons. The smallest absolute Gasteiger partial charge is 0.326 e. The van der Waals surface area contributed by atoms with Crippen LogP contribution in [-0.2, 0) is 29.0 Å². The van der Waals surface area contributed by atoms with Gasteiger partial charge in [-0.3, -0.25) is 9.59 Å². The monoisotopic (exact) mass is 367 g/mol. The van der Waals surface area contributed by atoms with Gasteiger partial charge in [0, 0.05) is 24.1 Å². The van der Waals surface area contributed by atoms with E-state index in [1.54, 1.807) is 18.2 Å². The van der Waals surface area contributed by atoms with Crippen molar-refractivity contribution in [3.8, 4) is 5.75 Å². The van der Waals surface area contributed by atoms with Gasteiger partial charge in [-0.2, -0.15) is 0 Å². The minimum Gasteiger partial charge on any atom is -0.496 e. The van der Waals surface area contributed by atoms with Gasteiger partial charge in [-0.25, -0.2) is 4.79 Å². The summed E-state index contributed by atoms with van der Waals surface area (Å²) in [6, 6.07) is 11.6. The van der Waals surface area contributed by atoms with Crippen molar-refractivity contribution in [1.29, 1.82) is 0 Å². The lowest BCUT2D eigenvalue weighted by molar-refractivity contribution is -0.151. The molecular formula is C21H21NO5. The highest BCUT2D eigenvalue weighted by molar-refractivity contribution is 5.95. The number of ether oxygens (including phenoxy) is 1. The molecule has 0 saturated heterocycles. The Bertz CT molecular complexity index is 905. The third-order valence-corrected chi connectivity index (χ3v) is 4.88. The van der Waals surface area contributed by atoms with Crippen molar-refractivity contribution in [2.75, 3.05) is 7.11 Å². The van der Waals surface area contributed by atoms with Gasteiger partial charge in [-0.1, -0.05) is 24.3 Å². The van der Waals surface area contributed by atoms with Crippen LogP contribution in [0.25, 0.3) is 0 Å². The summed E-state index contributed by atoms with van der Waals surface area (Å²) in [5.74, 6) is -0.947. The van der Waals surface area contributed by atoms with E-state index in [1.807, 2.05) is 24.3 Å². The van der Waals surface area contributed by atoms with Crippen LogP contribution < -0.4 is 4.74 Å². The summed E-state index contributed by atoms with van der Waals surface area (Å²) in [6.07, 6.45) is 0.248. The molecule has 6 heteroatoms. The van der Waals surface area contributed by atoms with E-state index in [0.29, 0.717) is 16.9 Å². The van der Waals surface area contributed by atoms with Gasteiger partial charge in [0.05, 0.1) is 13.5 Å². The number of methoxy groups -OCH3 is 1. The summed E-state index contributed by atoms with van der Waals surface area (Å²) in [5.41, 5.74) is 2.95. The Morgan fingerprint density at radius 3 is 2.48 bits per heavy atom. The van der Waals surface area contributed by atoms with Crippen molar-refractivity contribution in [1.82, 2.24) is 4.90 Å². The maximum absolute atomic E-state index is 13.0. The van der Waals surface area contributed by atoms with Crippen molar-refractivity contribution in [3.63, 3.8) is 0 Å². The summed E-state index contributed by atoms with van der Waals surface area (Å²) in [7, 11) is 1.49. The summed E-state index contributed by atoms with van der Waals surface area (Å²) in [6.45, 7) is 1.70. The molecule has 1 unspecified atom stereocenters. The van der Waals surface area contributed by atoms with Gasteiger partial charge in [0.25, 0.3) is 0 Å². The summed E-state index contributed by atoms with van der Waals surface area (Å²) >= 11 is 0. The largest absolute Gasteiger partial charge is 0.496 e. The third-order valence-electron chi connectivity index (χ3n) is 4.88. The molecule has 0 radical (unpaired) electrons. The number of Topliss-reactive ketones (excluding diaryl/α,β-unsaturated/α-hetero) is 1. The fourth-order valence-corrected chi connectivity index (χ4v) is 3.41. The van der Waals surface area contributed by atoms with Gasteiger partial charge in [0.1, 0.15) is 11.8 Å². The normalized spacial score (nSPS) is 15.8. The van der Waals surface area contributed by atoms with Crippen LogP contribution >= 0.6 is 0 Å². The number of hydrogen-bond donors (Lipinski definition) is 1. The van der Waals surface area contributed by atoms with E-state index in [9.17, 15) is 19.5 Å². The molecule has 1 amide bonds. The van der Waals surface area contributed by atoms with Crippen LogP contribution in [0.2, 0.25) is 0 Å². The first-order valence-electron chi connectivity index (χ1n) is 8.67. The predicted molar refractivity (Wildman–Crippen MR) is 98.8 cm³/mol. The second-order valence-corrected chi connectivity index (χ2v) is 6.61. The van der Waals surface area contributed by atoms with Gasteiger partial charge in [0.2, 0.25) is 5.91 Å². The Kier molecular flexibility index (Phi) is 5.26. The lowest BCUT2D eigenvalue weighted by Crippen LogP contribution is -2.49. The Morgan fingerprint density at radius 1 is 1.15 bits per heavy atom. The number of ketones is 1. The molecule has 0 fully saturated rings. The first-order valence-corrected chi connectivity index (χ1v) is 8.67. The van der Waals surface area contributed by atoms with Crippen LogP contribution in [0.15, 0.2) is 42.5 Å². The van der Waals surface area contributed by atoms with Crippen LogP contribution in [0.5, 0.6) is 5.75 Å². The zero-order chi connectivity index (χ0) is 19.6. The zero-order valence-electron chi connectivity index (χ0n) is 15.3. The number of nitrogens with zero attached hydrogens (tertiary/aromatic N) is 1. The number of aliphatic carboxylic acids is 1. The van der Waals surface area contributed by atoms with E-state index < -0.39 is 12.0 Å². The standard InChI is InChI=1S/C21H21NO5/c1-13(23)14-7-8-19(27-2)17(9-14)11-20(24)22-12-16-6-4-3-5-15(16)10-18(22)21(25)26/h3-9,18H,10-12H2,1-2H3,(H,25,26). The molecule has 6 nitrogen and oxygen atoms in total. The second-order valence-electron chi connectivity index (χ2n) is 6.61. The minimum atomic E-state index is -1.03.